The van der Waals surface area contributed by atoms with Crippen LogP contribution in [0.15, 0.2) is 0 Å². The molecule has 0 saturated carbocycles. The summed E-state index contributed by atoms with van der Waals surface area (Å²) in [7, 11) is 0. The highest BCUT2D eigenvalue weighted by Gasteiger charge is 2.93. The average molecular weight is 527 g/mol. The van der Waals surface area contributed by atoms with Gasteiger partial charge in [-0.25, -0.2) is 4.79 Å². The number of amides is 1. The molecule has 198 valence electrons. The van der Waals surface area contributed by atoms with Crippen molar-refractivity contribution in [3.63, 3.8) is 0 Å². The monoisotopic (exact) mass is 527 g/mol. The van der Waals surface area contributed by atoms with Crippen LogP contribution in [0.5, 0.6) is 0 Å². The maximum Gasteiger partial charge on any atom is 0.460 e. The number of rotatable bonds is 12. The molecule has 0 heterocycles. The van der Waals surface area contributed by atoms with E-state index in [4.69, 9.17) is 0 Å². The molecule has 0 aromatic heterocycles. The summed E-state index contributed by atoms with van der Waals surface area (Å²) in [6, 6.07) is 0. The smallest absolute Gasteiger partial charge is 0.443 e. The lowest BCUT2D eigenvalue weighted by Crippen LogP contribution is -2.73. The predicted molar refractivity (Wildman–Crippen MR) is 79.2 cm³/mol. The zero-order valence-corrected chi connectivity index (χ0v) is 16.2. The molecule has 1 amide bonds. The third kappa shape index (κ3) is 5.66. The number of hydrogen-bond acceptors (Lipinski definition) is 2. The Labute approximate surface area is 175 Å². The van der Waals surface area contributed by atoms with E-state index in [1.807, 2.05) is 0 Å². The molecule has 0 aliphatic rings. The molecule has 0 aromatic carbocycles. The van der Waals surface area contributed by atoms with Crippen molar-refractivity contribution < 1.29 is 75.4 Å². The van der Waals surface area contributed by atoms with E-state index >= 15 is 0 Å². The van der Waals surface area contributed by atoms with Crippen molar-refractivity contribution >= 4 is 6.09 Å². The Morgan fingerprint density at radius 1 is 0.636 bits per heavy atom. The molecule has 0 atom stereocenters. The van der Waals surface area contributed by atoms with Crippen LogP contribution in [0, 0.1) is 0 Å². The number of ether oxygens (including phenoxy) is 1. The Balaban J connectivity index is 5.71. The second-order valence-electron chi connectivity index (χ2n) is 6.64. The van der Waals surface area contributed by atoms with Crippen LogP contribution in [-0.2, 0) is 4.74 Å². The van der Waals surface area contributed by atoms with Crippen molar-refractivity contribution in [3.05, 3.63) is 0 Å². The molecule has 0 aliphatic carbocycles. The number of carbonyl (C=O) groups excluding carboxylic acids is 1. The summed E-state index contributed by atoms with van der Waals surface area (Å²) in [6.07, 6.45) is -7.54. The van der Waals surface area contributed by atoms with Crippen molar-refractivity contribution in [1.82, 2.24) is 5.32 Å². The van der Waals surface area contributed by atoms with E-state index < -0.39 is 54.4 Å². The Morgan fingerprint density at radius 2 is 1.06 bits per heavy atom. The summed E-state index contributed by atoms with van der Waals surface area (Å²) >= 11 is 0. The Hall–Kier alpha value is -1.78. The molecule has 0 spiro atoms. The number of hydrogen-bond donors (Lipinski definition) is 1. The molecule has 0 unspecified atom stereocenters. The lowest BCUT2D eigenvalue weighted by Gasteiger charge is -2.41. The molecule has 1 N–H and O–H groups in total. The highest BCUT2D eigenvalue weighted by atomic mass is 19.4. The minimum atomic E-state index is -8.37. The molecular formula is C15H16F15NO2. The first-order chi connectivity index (χ1) is 14.5. The van der Waals surface area contributed by atoms with Crippen LogP contribution in [0.1, 0.15) is 32.6 Å². The Kier molecular flexibility index (Phi) is 9.30. The molecular weight excluding hydrogens is 511 g/mol. The largest absolute Gasteiger partial charge is 0.460 e. The minimum Gasteiger partial charge on any atom is -0.443 e. The third-order valence-corrected chi connectivity index (χ3v) is 4.08. The molecule has 0 aromatic rings. The molecule has 33 heavy (non-hydrogen) atoms. The van der Waals surface area contributed by atoms with E-state index in [1.165, 1.54) is 0 Å². The fourth-order valence-corrected chi connectivity index (χ4v) is 2.04. The quantitative estimate of drug-likeness (QED) is 0.228. The van der Waals surface area contributed by atoms with Gasteiger partial charge in [-0.05, 0) is 6.42 Å². The second-order valence-corrected chi connectivity index (χ2v) is 6.64. The van der Waals surface area contributed by atoms with Gasteiger partial charge in [0, 0.05) is 6.54 Å². The van der Waals surface area contributed by atoms with Gasteiger partial charge in [0.15, 0.2) is 6.61 Å². The van der Waals surface area contributed by atoms with Gasteiger partial charge in [0.25, 0.3) is 0 Å². The fourth-order valence-electron chi connectivity index (χ4n) is 2.04. The Morgan fingerprint density at radius 3 is 1.48 bits per heavy atom. The van der Waals surface area contributed by atoms with Crippen LogP contribution in [0.3, 0.4) is 0 Å². The summed E-state index contributed by atoms with van der Waals surface area (Å²) in [4.78, 5) is 11.1. The molecule has 0 aliphatic heterocycles. The van der Waals surface area contributed by atoms with Gasteiger partial charge in [0.05, 0.1) is 0 Å². The minimum absolute atomic E-state index is 0.211. The first-order valence-electron chi connectivity index (χ1n) is 8.70. The van der Waals surface area contributed by atoms with E-state index in [-0.39, 0.29) is 13.0 Å². The third-order valence-electron chi connectivity index (χ3n) is 4.08. The van der Waals surface area contributed by atoms with E-state index in [9.17, 15) is 70.7 Å². The van der Waals surface area contributed by atoms with Crippen LogP contribution in [0.4, 0.5) is 70.7 Å². The summed E-state index contributed by atoms with van der Waals surface area (Å²) in [5.41, 5.74) is 0. The zero-order chi connectivity index (χ0) is 26.7. The van der Waals surface area contributed by atoms with Gasteiger partial charge in [0.2, 0.25) is 0 Å². The molecule has 0 fully saturated rings. The molecule has 0 rings (SSSR count). The number of alkyl halides is 15. The number of carbonyl (C=O) groups is 1. The van der Waals surface area contributed by atoms with Crippen molar-refractivity contribution in [3.8, 4) is 0 Å². The van der Waals surface area contributed by atoms with Crippen LogP contribution in [0.2, 0.25) is 0 Å². The lowest BCUT2D eigenvalue weighted by atomic mass is 9.91. The fraction of sp³-hybridized carbons (Fsp3) is 0.933. The van der Waals surface area contributed by atoms with Gasteiger partial charge in [-0.2, -0.15) is 65.9 Å². The van der Waals surface area contributed by atoms with Gasteiger partial charge in [-0.1, -0.05) is 26.2 Å². The SMILES string of the molecule is CCCCCCNC(=O)OCC(F)(F)C(F)(F)C(F)(F)C(F)(F)C(F)(F)C(F)(F)C(F)(F)F. The molecule has 0 saturated heterocycles. The maximum atomic E-state index is 13.5. The Bertz CT molecular complexity index is 660. The van der Waals surface area contributed by atoms with E-state index in [1.54, 1.807) is 12.2 Å². The molecule has 18 heteroatoms. The van der Waals surface area contributed by atoms with Crippen molar-refractivity contribution in [2.75, 3.05) is 13.2 Å². The molecule has 0 bridgehead atoms. The van der Waals surface area contributed by atoms with Crippen LogP contribution >= 0.6 is 0 Å². The highest BCUT2D eigenvalue weighted by Crippen LogP contribution is 2.62. The van der Waals surface area contributed by atoms with Gasteiger partial charge in [0.1, 0.15) is 0 Å². The standard InChI is InChI=1S/C15H16F15NO2/c1-2-3-4-5-6-31-8(32)33-7-9(16,17)10(18,19)11(20,21)12(22,23)13(24,25)14(26,27)15(28,29)30/h2-7H2,1H3,(H,31,32). The summed E-state index contributed by atoms with van der Waals surface area (Å²) in [5, 5.41) is 1.68. The first kappa shape index (κ1) is 31.2. The van der Waals surface area contributed by atoms with Gasteiger partial charge < -0.3 is 10.1 Å². The zero-order valence-electron chi connectivity index (χ0n) is 16.2. The lowest BCUT2D eigenvalue weighted by molar-refractivity contribution is -0.453. The first-order valence-corrected chi connectivity index (χ1v) is 8.70. The normalized spacial score (nSPS) is 14.9. The summed E-state index contributed by atoms with van der Waals surface area (Å²) in [5.74, 6) is -47.2. The van der Waals surface area contributed by atoms with Crippen LogP contribution in [0.25, 0.3) is 0 Å². The van der Waals surface area contributed by atoms with Gasteiger partial charge >= 0.3 is 47.8 Å². The number of halogens is 15. The number of unbranched alkanes of at least 4 members (excludes halogenated alkanes) is 3. The van der Waals surface area contributed by atoms with Gasteiger partial charge in [-0.3, -0.25) is 0 Å². The predicted octanol–water partition coefficient (Wildman–Crippen LogP) is 6.67. The second kappa shape index (κ2) is 9.84. The van der Waals surface area contributed by atoms with Crippen LogP contribution in [-0.4, -0.2) is 61.0 Å². The molecule has 0 radical (unpaired) electrons. The average Bonchev–Trinajstić information content (AvgIpc) is 2.64. The van der Waals surface area contributed by atoms with Crippen molar-refractivity contribution in [1.29, 1.82) is 0 Å². The van der Waals surface area contributed by atoms with Crippen molar-refractivity contribution in [2.24, 2.45) is 0 Å². The highest BCUT2D eigenvalue weighted by molar-refractivity contribution is 5.67. The van der Waals surface area contributed by atoms with E-state index in [0.717, 1.165) is 6.42 Å². The topological polar surface area (TPSA) is 38.3 Å². The molecule has 3 nitrogen and oxygen atoms in total. The number of alkyl carbamates (subject to hydrolysis) is 1. The van der Waals surface area contributed by atoms with E-state index in [0.29, 0.717) is 12.8 Å². The van der Waals surface area contributed by atoms with Crippen LogP contribution < -0.4 is 5.32 Å². The summed E-state index contributed by atoms with van der Waals surface area (Å²) < 4.78 is 198. The maximum absolute atomic E-state index is 13.5. The van der Waals surface area contributed by atoms with Gasteiger partial charge in [-0.15, -0.1) is 0 Å². The van der Waals surface area contributed by atoms with E-state index in [2.05, 4.69) is 4.74 Å². The van der Waals surface area contributed by atoms with Crippen molar-refractivity contribution in [2.45, 2.75) is 74.3 Å². The summed E-state index contributed by atoms with van der Waals surface area (Å²) in [6.45, 7) is -1.66. The number of nitrogens with one attached hydrogen (secondary N) is 1.